The van der Waals surface area contributed by atoms with Gasteiger partial charge in [-0.05, 0) is 18.2 Å². The van der Waals surface area contributed by atoms with Gasteiger partial charge in [0.25, 0.3) is 0 Å². The number of methoxy groups -OCH3 is 1. The fourth-order valence-electron chi connectivity index (χ4n) is 2.18. The molecule has 0 saturated heterocycles. The van der Waals surface area contributed by atoms with Crippen LogP contribution in [0.2, 0.25) is 0 Å². The highest BCUT2D eigenvalue weighted by Crippen LogP contribution is 2.24. The zero-order chi connectivity index (χ0) is 17.4. The van der Waals surface area contributed by atoms with E-state index in [0.717, 1.165) is 0 Å². The lowest BCUT2D eigenvalue weighted by atomic mass is 10.1. The van der Waals surface area contributed by atoms with E-state index in [9.17, 15) is 10.1 Å². The first kappa shape index (κ1) is 17.4. The standard InChI is InChI=1S/C19H20N2O3/c1-14(13-24-15-8-4-3-5-9-15)19(22)21-17(12-20)16-10-6-7-11-18(16)23-2/h3-11,14,17H,13H2,1-2H3,(H,21,22)/t14-,17+/m1/s1. The van der Waals surface area contributed by atoms with E-state index in [1.54, 1.807) is 25.1 Å². The topological polar surface area (TPSA) is 71.3 Å². The van der Waals surface area contributed by atoms with Crippen molar-refractivity contribution >= 4 is 5.91 Å². The molecule has 0 aliphatic heterocycles. The Morgan fingerprint density at radius 2 is 1.83 bits per heavy atom. The fraction of sp³-hybridized carbons (Fsp3) is 0.263. The van der Waals surface area contributed by atoms with Gasteiger partial charge < -0.3 is 14.8 Å². The van der Waals surface area contributed by atoms with E-state index in [-0.39, 0.29) is 12.5 Å². The summed E-state index contributed by atoms with van der Waals surface area (Å²) >= 11 is 0. The minimum Gasteiger partial charge on any atom is -0.496 e. The maximum Gasteiger partial charge on any atom is 0.227 e. The van der Waals surface area contributed by atoms with Crippen LogP contribution in [0.25, 0.3) is 0 Å². The van der Waals surface area contributed by atoms with Crippen molar-refractivity contribution in [2.75, 3.05) is 13.7 Å². The third-order valence-corrected chi connectivity index (χ3v) is 3.56. The summed E-state index contributed by atoms with van der Waals surface area (Å²) in [5.41, 5.74) is 0.632. The number of rotatable bonds is 7. The van der Waals surface area contributed by atoms with E-state index < -0.39 is 12.0 Å². The molecule has 2 aromatic carbocycles. The normalized spacial score (nSPS) is 12.5. The number of carbonyl (C=O) groups is 1. The number of carbonyl (C=O) groups excluding carboxylic acids is 1. The second kappa shape index (κ2) is 8.59. The molecule has 0 saturated carbocycles. The number of nitrogens with one attached hydrogen (secondary N) is 1. The molecule has 0 heterocycles. The molecule has 1 amide bonds. The quantitative estimate of drug-likeness (QED) is 0.849. The summed E-state index contributed by atoms with van der Waals surface area (Å²) in [6.07, 6.45) is 0. The minimum atomic E-state index is -0.771. The zero-order valence-electron chi connectivity index (χ0n) is 13.7. The average molecular weight is 324 g/mol. The van der Waals surface area contributed by atoms with Gasteiger partial charge in [-0.15, -0.1) is 0 Å². The number of amides is 1. The van der Waals surface area contributed by atoms with Crippen LogP contribution in [0.3, 0.4) is 0 Å². The molecular weight excluding hydrogens is 304 g/mol. The van der Waals surface area contributed by atoms with Gasteiger partial charge in [-0.1, -0.05) is 43.3 Å². The van der Waals surface area contributed by atoms with E-state index in [1.165, 1.54) is 7.11 Å². The molecule has 1 N–H and O–H groups in total. The summed E-state index contributed by atoms with van der Waals surface area (Å²) in [5, 5.41) is 12.1. The predicted octanol–water partition coefficient (Wildman–Crippen LogP) is 3.09. The Morgan fingerprint density at radius 3 is 2.50 bits per heavy atom. The van der Waals surface area contributed by atoms with Crippen molar-refractivity contribution in [2.45, 2.75) is 13.0 Å². The Balaban J connectivity index is 1.97. The SMILES string of the molecule is COc1ccccc1[C@H](C#N)NC(=O)[C@H](C)COc1ccccc1. The van der Waals surface area contributed by atoms with E-state index in [1.807, 2.05) is 36.4 Å². The molecule has 2 aromatic rings. The van der Waals surface area contributed by atoms with E-state index in [2.05, 4.69) is 11.4 Å². The van der Waals surface area contributed by atoms with Crippen molar-refractivity contribution in [3.8, 4) is 17.6 Å². The van der Waals surface area contributed by atoms with Gasteiger partial charge in [0.1, 0.15) is 17.5 Å². The molecule has 24 heavy (non-hydrogen) atoms. The van der Waals surface area contributed by atoms with Crippen LogP contribution in [0, 0.1) is 17.2 Å². The van der Waals surface area contributed by atoms with E-state index in [4.69, 9.17) is 9.47 Å². The van der Waals surface area contributed by atoms with Crippen LogP contribution in [0.1, 0.15) is 18.5 Å². The van der Waals surface area contributed by atoms with Crippen LogP contribution in [-0.2, 0) is 4.79 Å². The first-order valence-electron chi connectivity index (χ1n) is 7.66. The number of ether oxygens (including phenoxy) is 2. The van der Waals surface area contributed by atoms with Crippen LogP contribution >= 0.6 is 0 Å². The van der Waals surface area contributed by atoms with Crippen molar-refractivity contribution in [3.05, 3.63) is 60.2 Å². The summed E-state index contributed by atoms with van der Waals surface area (Å²) in [4.78, 5) is 12.3. The second-order valence-corrected chi connectivity index (χ2v) is 5.34. The van der Waals surface area contributed by atoms with Crippen molar-refractivity contribution in [2.24, 2.45) is 5.92 Å². The highest BCUT2D eigenvalue weighted by atomic mass is 16.5. The van der Waals surface area contributed by atoms with Gasteiger partial charge in [0.05, 0.1) is 25.7 Å². The van der Waals surface area contributed by atoms with Crippen LogP contribution in [-0.4, -0.2) is 19.6 Å². The predicted molar refractivity (Wildman–Crippen MR) is 90.6 cm³/mol. The van der Waals surface area contributed by atoms with Crippen LogP contribution < -0.4 is 14.8 Å². The Morgan fingerprint density at radius 1 is 1.17 bits per heavy atom. The lowest BCUT2D eigenvalue weighted by Crippen LogP contribution is -2.35. The molecular formula is C19H20N2O3. The van der Waals surface area contributed by atoms with Crippen LogP contribution in [0.15, 0.2) is 54.6 Å². The lowest BCUT2D eigenvalue weighted by Gasteiger charge is -2.18. The van der Waals surface area contributed by atoms with E-state index >= 15 is 0 Å². The Bertz CT molecular complexity index is 710. The second-order valence-electron chi connectivity index (χ2n) is 5.34. The number of hydrogen-bond acceptors (Lipinski definition) is 4. The summed E-state index contributed by atoms with van der Waals surface area (Å²) in [7, 11) is 1.53. The molecule has 0 spiro atoms. The van der Waals surface area contributed by atoms with Crippen molar-refractivity contribution in [3.63, 3.8) is 0 Å². The van der Waals surface area contributed by atoms with Crippen LogP contribution in [0.4, 0.5) is 0 Å². The van der Waals surface area contributed by atoms with Gasteiger partial charge in [-0.2, -0.15) is 5.26 Å². The maximum atomic E-state index is 12.3. The van der Waals surface area contributed by atoms with Gasteiger partial charge >= 0.3 is 0 Å². The third kappa shape index (κ3) is 4.50. The maximum absolute atomic E-state index is 12.3. The van der Waals surface area contributed by atoms with Gasteiger partial charge in [0, 0.05) is 5.56 Å². The summed E-state index contributed by atoms with van der Waals surface area (Å²) in [5.74, 6) is 0.635. The minimum absolute atomic E-state index is 0.236. The smallest absolute Gasteiger partial charge is 0.227 e. The fourth-order valence-corrected chi connectivity index (χ4v) is 2.18. The summed E-state index contributed by atoms with van der Waals surface area (Å²) in [6, 6.07) is 17.8. The Labute approximate surface area is 141 Å². The number of nitrogens with zero attached hydrogens (tertiary/aromatic N) is 1. The first-order valence-corrected chi connectivity index (χ1v) is 7.66. The molecule has 5 heteroatoms. The third-order valence-electron chi connectivity index (χ3n) is 3.56. The molecule has 0 fully saturated rings. The molecule has 0 aliphatic carbocycles. The first-order chi connectivity index (χ1) is 11.7. The highest BCUT2D eigenvalue weighted by molar-refractivity contribution is 5.79. The zero-order valence-corrected chi connectivity index (χ0v) is 13.7. The molecule has 2 rings (SSSR count). The molecule has 0 radical (unpaired) electrons. The molecule has 5 nitrogen and oxygen atoms in total. The molecule has 2 atom stereocenters. The lowest BCUT2D eigenvalue weighted by molar-refractivity contribution is -0.125. The monoisotopic (exact) mass is 324 g/mol. The van der Waals surface area contributed by atoms with Gasteiger partial charge in [-0.25, -0.2) is 0 Å². The number of benzene rings is 2. The Hall–Kier alpha value is -3.00. The highest BCUT2D eigenvalue weighted by Gasteiger charge is 2.21. The summed E-state index contributed by atoms with van der Waals surface area (Å²) < 4.78 is 10.8. The van der Waals surface area contributed by atoms with E-state index in [0.29, 0.717) is 17.1 Å². The number of nitriles is 1. The number of hydrogen-bond donors (Lipinski definition) is 1. The molecule has 0 aromatic heterocycles. The summed E-state index contributed by atoms with van der Waals surface area (Å²) in [6.45, 7) is 1.99. The molecule has 0 unspecified atom stereocenters. The van der Waals surface area contributed by atoms with Crippen molar-refractivity contribution in [1.82, 2.24) is 5.32 Å². The average Bonchev–Trinajstić information content (AvgIpc) is 2.64. The molecule has 0 aliphatic rings. The number of para-hydroxylation sites is 2. The van der Waals surface area contributed by atoms with Crippen molar-refractivity contribution in [1.29, 1.82) is 5.26 Å². The van der Waals surface area contributed by atoms with Gasteiger partial charge in [0.15, 0.2) is 0 Å². The van der Waals surface area contributed by atoms with Crippen molar-refractivity contribution < 1.29 is 14.3 Å². The van der Waals surface area contributed by atoms with Gasteiger partial charge in [-0.3, -0.25) is 4.79 Å². The largest absolute Gasteiger partial charge is 0.496 e. The Kier molecular flexibility index (Phi) is 6.21. The van der Waals surface area contributed by atoms with Gasteiger partial charge in [0.2, 0.25) is 5.91 Å². The van der Waals surface area contributed by atoms with Crippen LogP contribution in [0.5, 0.6) is 11.5 Å². The molecule has 124 valence electrons. The molecule has 0 bridgehead atoms.